The Morgan fingerprint density at radius 2 is 1.72 bits per heavy atom. The maximum Gasteiger partial charge on any atom is 0.251 e. The minimum absolute atomic E-state index is 0.0991. The predicted octanol–water partition coefficient (Wildman–Crippen LogP) is 4.81. The van der Waals surface area contributed by atoms with Gasteiger partial charge >= 0.3 is 0 Å². The van der Waals surface area contributed by atoms with Crippen LogP contribution < -0.4 is 15.6 Å². The molecule has 0 fully saturated rings. The molecular weight excluding hydrogens is 364 g/mol. The van der Waals surface area contributed by atoms with Gasteiger partial charge in [0.15, 0.2) is 5.75 Å². The smallest absolute Gasteiger partial charge is 0.251 e. The zero-order valence-corrected chi connectivity index (χ0v) is 15.9. The summed E-state index contributed by atoms with van der Waals surface area (Å²) in [5, 5.41) is 3.83. The number of nitrogens with one attached hydrogen (secondary N) is 2. The Morgan fingerprint density at radius 3 is 2.55 bits per heavy atom. The third-order valence-electron chi connectivity index (χ3n) is 4.59. The van der Waals surface area contributed by atoms with Crippen molar-refractivity contribution in [2.75, 3.05) is 5.32 Å². The number of fused-ring (bicyclic) bond motifs is 1. The summed E-state index contributed by atoms with van der Waals surface area (Å²) < 4.78 is 5.89. The van der Waals surface area contributed by atoms with Crippen molar-refractivity contribution < 1.29 is 9.53 Å². The van der Waals surface area contributed by atoms with Crippen LogP contribution in [0.5, 0.6) is 11.5 Å². The molecule has 1 aromatic heterocycles. The first-order chi connectivity index (χ1) is 14.1. The van der Waals surface area contributed by atoms with Crippen LogP contribution in [0.15, 0.2) is 83.7 Å². The van der Waals surface area contributed by atoms with Gasteiger partial charge in [-0.2, -0.15) is 0 Å². The minimum atomic E-state index is -0.144. The van der Waals surface area contributed by atoms with Crippen molar-refractivity contribution in [1.29, 1.82) is 0 Å². The first-order valence-electron chi connectivity index (χ1n) is 9.33. The lowest BCUT2D eigenvalue weighted by Crippen LogP contribution is -2.15. The molecule has 1 heterocycles. The maximum atomic E-state index is 12.6. The molecule has 0 saturated heterocycles. The number of carbonyl (C=O) groups is 1. The molecule has 4 rings (SSSR count). The van der Waals surface area contributed by atoms with Gasteiger partial charge in [-0.1, -0.05) is 36.4 Å². The molecule has 4 aromatic rings. The van der Waals surface area contributed by atoms with Gasteiger partial charge in [-0.3, -0.25) is 9.59 Å². The zero-order chi connectivity index (χ0) is 20.2. The second-order valence-corrected chi connectivity index (χ2v) is 6.84. The molecule has 0 aliphatic heterocycles. The summed E-state index contributed by atoms with van der Waals surface area (Å²) in [4.78, 5) is 27.2. The average molecular weight is 384 g/mol. The van der Waals surface area contributed by atoms with Gasteiger partial charge in [0.25, 0.3) is 5.56 Å². The molecule has 0 atom stereocenters. The Balaban J connectivity index is 1.51. The van der Waals surface area contributed by atoms with Crippen molar-refractivity contribution in [3.63, 3.8) is 0 Å². The number of pyridine rings is 1. The lowest BCUT2D eigenvalue weighted by molar-refractivity contribution is -0.115. The molecular formula is C24H20N2O3. The molecule has 0 aliphatic rings. The molecule has 5 nitrogen and oxygen atoms in total. The SMILES string of the molecule is Cc1cc2cc(CC(=O)Nc3ccccc3Oc3ccccc3)ccc2[nH]c1=O. The largest absolute Gasteiger partial charge is 0.455 e. The topological polar surface area (TPSA) is 71.2 Å². The predicted molar refractivity (Wildman–Crippen MR) is 115 cm³/mol. The highest BCUT2D eigenvalue weighted by molar-refractivity contribution is 5.94. The van der Waals surface area contributed by atoms with Crippen LogP contribution in [-0.4, -0.2) is 10.9 Å². The minimum Gasteiger partial charge on any atom is -0.455 e. The molecule has 0 saturated carbocycles. The second kappa shape index (κ2) is 8.02. The lowest BCUT2D eigenvalue weighted by Gasteiger charge is -2.12. The first-order valence-corrected chi connectivity index (χ1v) is 9.33. The highest BCUT2D eigenvalue weighted by Gasteiger charge is 2.10. The molecule has 0 bridgehead atoms. The third-order valence-corrected chi connectivity index (χ3v) is 4.59. The van der Waals surface area contributed by atoms with E-state index in [0.29, 0.717) is 22.7 Å². The Hall–Kier alpha value is -3.86. The van der Waals surface area contributed by atoms with E-state index >= 15 is 0 Å². The molecule has 0 radical (unpaired) electrons. The summed E-state index contributed by atoms with van der Waals surface area (Å²) >= 11 is 0. The van der Waals surface area contributed by atoms with Crippen LogP contribution >= 0.6 is 0 Å². The number of hydrogen-bond acceptors (Lipinski definition) is 3. The first kappa shape index (κ1) is 18.5. The Labute approximate surface area is 168 Å². The summed E-state index contributed by atoms with van der Waals surface area (Å²) in [6.07, 6.45) is 0.216. The van der Waals surface area contributed by atoms with Gasteiger partial charge in [0.05, 0.1) is 12.1 Å². The number of anilines is 1. The number of aromatic nitrogens is 1. The van der Waals surface area contributed by atoms with E-state index in [1.165, 1.54) is 0 Å². The van der Waals surface area contributed by atoms with Crippen LogP contribution in [0.2, 0.25) is 0 Å². The number of ether oxygens (including phenoxy) is 1. The third kappa shape index (κ3) is 4.35. The number of para-hydroxylation sites is 3. The standard InChI is InChI=1S/C24H20N2O3/c1-16-13-18-14-17(11-12-20(18)26-24(16)28)15-23(27)25-21-9-5-6-10-22(21)29-19-7-3-2-4-8-19/h2-14H,15H2,1H3,(H,25,27)(H,26,28). The number of H-pyrrole nitrogens is 1. The fourth-order valence-electron chi connectivity index (χ4n) is 3.13. The number of hydrogen-bond donors (Lipinski definition) is 2. The van der Waals surface area contributed by atoms with Gasteiger partial charge in [0, 0.05) is 11.1 Å². The Morgan fingerprint density at radius 1 is 0.966 bits per heavy atom. The van der Waals surface area contributed by atoms with Crippen molar-refractivity contribution in [2.45, 2.75) is 13.3 Å². The van der Waals surface area contributed by atoms with Crippen molar-refractivity contribution in [3.8, 4) is 11.5 Å². The van der Waals surface area contributed by atoms with E-state index in [2.05, 4.69) is 10.3 Å². The molecule has 3 aromatic carbocycles. The molecule has 0 unspecified atom stereocenters. The quantitative estimate of drug-likeness (QED) is 0.519. The lowest BCUT2D eigenvalue weighted by atomic mass is 10.1. The normalized spacial score (nSPS) is 10.7. The monoisotopic (exact) mass is 384 g/mol. The fraction of sp³-hybridized carbons (Fsp3) is 0.0833. The fourth-order valence-corrected chi connectivity index (χ4v) is 3.13. The van der Waals surface area contributed by atoms with Crippen LogP contribution in [0, 0.1) is 6.92 Å². The maximum absolute atomic E-state index is 12.6. The van der Waals surface area contributed by atoms with E-state index < -0.39 is 0 Å². The van der Waals surface area contributed by atoms with E-state index in [1.54, 1.807) is 6.92 Å². The van der Waals surface area contributed by atoms with E-state index in [0.717, 1.165) is 16.5 Å². The second-order valence-electron chi connectivity index (χ2n) is 6.84. The molecule has 0 aliphatic carbocycles. The number of amides is 1. The van der Waals surface area contributed by atoms with Crippen LogP contribution in [-0.2, 0) is 11.2 Å². The Kier molecular flexibility index (Phi) is 5.12. The van der Waals surface area contributed by atoms with Crippen molar-refractivity contribution >= 4 is 22.5 Å². The number of carbonyl (C=O) groups excluding carboxylic acids is 1. The number of aromatic amines is 1. The van der Waals surface area contributed by atoms with E-state index in [1.807, 2.05) is 78.9 Å². The van der Waals surface area contributed by atoms with E-state index in [-0.39, 0.29) is 17.9 Å². The van der Waals surface area contributed by atoms with E-state index in [9.17, 15) is 9.59 Å². The van der Waals surface area contributed by atoms with Gasteiger partial charge < -0.3 is 15.0 Å². The summed E-state index contributed by atoms with van der Waals surface area (Å²) in [6.45, 7) is 1.77. The molecule has 5 heteroatoms. The number of aryl methyl sites for hydroxylation is 1. The van der Waals surface area contributed by atoms with Crippen molar-refractivity contribution in [1.82, 2.24) is 4.98 Å². The summed E-state index contributed by atoms with van der Waals surface area (Å²) in [5.41, 5.74) is 2.78. The van der Waals surface area contributed by atoms with Crippen LogP contribution in [0.3, 0.4) is 0 Å². The van der Waals surface area contributed by atoms with Crippen molar-refractivity contribution in [3.05, 3.63) is 100 Å². The molecule has 29 heavy (non-hydrogen) atoms. The average Bonchev–Trinajstić information content (AvgIpc) is 2.71. The highest BCUT2D eigenvalue weighted by atomic mass is 16.5. The van der Waals surface area contributed by atoms with Gasteiger partial charge in [0.1, 0.15) is 5.75 Å². The number of benzene rings is 3. The molecule has 144 valence electrons. The van der Waals surface area contributed by atoms with Gasteiger partial charge in [-0.15, -0.1) is 0 Å². The molecule has 2 N–H and O–H groups in total. The van der Waals surface area contributed by atoms with Gasteiger partial charge in [-0.05, 0) is 60.3 Å². The summed E-state index contributed by atoms with van der Waals surface area (Å²) in [5.74, 6) is 1.14. The number of rotatable bonds is 5. The van der Waals surface area contributed by atoms with Gasteiger partial charge in [-0.25, -0.2) is 0 Å². The zero-order valence-electron chi connectivity index (χ0n) is 15.9. The van der Waals surface area contributed by atoms with E-state index in [4.69, 9.17) is 4.74 Å². The molecule has 0 spiro atoms. The summed E-state index contributed by atoms with van der Waals surface area (Å²) in [6, 6.07) is 24.2. The van der Waals surface area contributed by atoms with Crippen molar-refractivity contribution in [2.24, 2.45) is 0 Å². The van der Waals surface area contributed by atoms with Crippen LogP contribution in [0.1, 0.15) is 11.1 Å². The van der Waals surface area contributed by atoms with Crippen LogP contribution in [0.25, 0.3) is 10.9 Å². The summed E-state index contributed by atoms with van der Waals surface area (Å²) in [7, 11) is 0. The van der Waals surface area contributed by atoms with Crippen LogP contribution in [0.4, 0.5) is 5.69 Å². The molecule has 1 amide bonds. The van der Waals surface area contributed by atoms with Gasteiger partial charge in [0.2, 0.25) is 5.91 Å². The highest BCUT2D eigenvalue weighted by Crippen LogP contribution is 2.29. The Bertz CT molecular complexity index is 1230.